The summed E-state index contributed by atoms with van der Waals surface area (Å²) in [5, 5.41) is 0. The van der Waals surface area contributed by atoms with Gasteiger partial charge in [0.15, 0.2) is 0 Å². The summed E-state index contributed by atoms with van der Waals surface area (Å²) in [6.07, 6.45) is 0. The van der Waals surface area contributed by atoms with Gasteiger partial charge in [-0.05, 0) is 65.5 Å². The number of nitrogens with one attached hydrogen (secondary N) is 1. The summed E-state index contributed by atoms with van der Waals surface area (Å²) in [5.41, 5.74) is 9.58. The van der Waals surface area contributed by atoms with Crippen LogP contribution in [-0.2, 0) is 10.0 Å². The smallest absolute Gasteiger partial charge is 0.271 e. The Morgan fingerprint density at radius 2 is 1.75 bits per heavy atom. The van der Waals surface area contributed by atoms with E-state index in [0.717, 1.165) is 20.5 Å². The predicted octanol–water partition coefficient (Wildman–Crippen LogP) is 3.82. The molecule has 0 unspecified atom stereocenters. The van der Waals surface area contributed by atoms with Crippen LogP contribution in [0.3, 0.4) is 0 Å². The van der Waals surface area contributed by atoms with E-state index < -0.39 is 10.0 Å². The molecule has 0 aliphatic carbocycles. The first-order valence-electron chi connectivity index (χ1n) is 5.86. The lowest BCUT2D eigenvalue weighted by atomic mass is 10.1. The van der Waals surface area contributed by atoms with E-state index in [2.05, 4.69) is 20.7 Å². The van der Waals surface area contributed by atoms with Crippen LogP contribution in [0.2, 0.25) is 0 Å². The molecule has 7 heteroatoms. The quantitative estimate of drug-likeness (QED) is 0.802. The fourth-order valence-corrected chi connectivity index (χ4v) is 5.09. The van der Waals surface area contributed by atoms with Crippen LogP contribution in [0, 0.1) is 20.8 Å². The van der Waals surface area contributed by atoms with E-state index in [1.54, 1.807) is 12.1 Å². The Balaban J connectivity index is 2.40. The van der Waals surface area contributed by atoms with Gasteiger partial charge in [-0.15, -0.1) is 11.3 Å². The van der Waals surface area contributed by atoms with E-state index >= 15 is 0 Å². The minimum atomic E-state index is -3.58. The van der Waals surface area contributed by atoms with Crippen LogP contribution in [0.4, 0.5) is 11.4 Å². The zero-order valence-electron chi connectivity index (χ0n) is 11.3. The van der Waals surface area contributed by atoms with E-state index in [0.29, 0.717) is 11.4 Å². The summed E-state index contributed by atoms with van der Waals surface area (Å²) in [6, 6.07) is 5.16. The lowest BCUT2D eigenvalue weighted by Crippen LogP contribution is -2.13. The molecule has 4 nitrogen and oxygen atoms in total. The van der Waals surface area contributed by atoms with E-state index in [-0.39, 0.29) is 4.21 Å². The second kappa shape index (κ2) is 5.38. The van der Waals surface area contributed by atoms with Crippen molar-refractivity contribution in [3.05, 3.63) is 38.7 Å². The Kier molecular flexibility index (Phi) is 4.13. The molecule has 0 bridgehead atoms. The first-order chi connectivity index (χ1) is 9.20. The summed E-state index contributed by atoms with van der Waals surface area (Å²) in [6.45, 7) is 5.59. The Hall–Kier alpha value is -1.05. The molecule has 0 aliphatic rings. The third-order valence-electron chi connectivity index (χ3n) is 2.96. The van der Waals surface area contributed by atoms with Gasteiger partial charge in [0.05, 0.1) is 9.47 Å². The molecule has 0 saturated carbocycles. The molecule has 108 valence electrons. The van der Waals surface area contributed by atoms with E-state index in [4.69, 9.17) is 5.73 Å². The number of thiophene rings is 1. The molecular weight excluding hydrogens is 360 g/mol. The molecule has 0 radical (unpaired) electrons. The van der Waals surface area contributed by atoms with Gasteiger partial charge >= 0.3 is 0 Å². The van der Waals surface area contributed by atoms with Crippen LogP contribution in [0.1, 0.15) is 16.7 Å². The van der Waals surface area contributed by atoms with Crippen molar-refractivity contribution in [3.8, 4) is 0 Å². The van der Waals surface area contributed by atoms with Crippen LogP contribution < -0.4 is 10.5 Å². The SMILES string of the molecule is Cc1cc(C)c(NS(=O)(=O)c2cc(C)c(Br)s2)cc1N. The summed E-state index contributed by atoms with van der Waals surface area (Å²) in [4.78, 5) is 0. The van der Waals surface area contributed by atoms with Gasteiger partial charge in [-0.3, -0.25) is 4.72 Å². The van der Waals surface area contributed by atoms with E-state index in [1.165, 1.54) is 11.3 Å². The highest BCUT2D eigenvalue weighted by Crippen LogP contribution is 2.32. The van der Waals surface area contributed by atoms with Gasteiger partial charge in [0, 0.05) is 5.69 Å². The molecule has 0 saturated heterocycles. The monoisotopic (exact) mass is 374 g/mol. The number of hydrogen-bond acceptors (Lipinski definition) is 4. The number of halogens is 1. The third kappa shape index (κ3) is 2.99. The number of sulfonamides is 1. The van der Waals surface area contributed by atoms with Crippen LogP contribution >= 0.6 is 27.3 Å². The third-order valence-corrected chi connectivity index (χ3v) is 6.93. The minimum Gasteiger partial charge on any atom is -0.398 e. The number of rotatable bonds is 3. The van der Waals surface area contributed by atoms with Crippen LogP contribution in [-0.4, -0.2) is 8.42 Å². The number of nitrogens with two attached hydrogens (primary N) is 1. The predicted molar refractivity (Wildman–Crippen MR) is 87.9 cm³/mol. The maximum absolute atomic E-state index is 12.4. The topological polar surface area (TPSA) is 72.2 Å². The number of benzene rings is 1. The summed E-state index contributed by atoms with van der Waals surface area (Å²) in [5.74, 6) is 0. The van der Waals surface area contributed by atoms with Crippen molar-refractivity contribution in [2.24, 2.45) is 0 Å². The van der Waals surface area contributed by atoms with Crippen molar-refractivity contribution in [2.75, 3.05) is 10.5 Å². The average Bonchev–Trinajstić information content (AvgIpc) is 2.67. The zero-order chi connectivity index (χ0) is 15.1. The van der Waals surface area contributed by atoms with E-state index in [9.17, 15) is 8.42 Å². The highest BCUT2D eigenvalue weighted by molar-refractivity contribution is 9.11. The van der Waals surface area contributed by atoms with Gasteiger partial charge in [-0.25, -0.2) is 8.42 Å². The maximum atomic E-state index is 12.4. The van der Waals surface area contributed by atoms with Gasteiger partial charge in [-0.2, -0.15) is 0 Å². The summed E-state index contributed by atoms with van der Waals surface area (Å²) < 4.78 is 28.4. The molecule has 0 aliphatic heterocycles. The first kappa shape index (κ1) is 15.3. The molecular formula is C13H15BrN2O2S2. The number of hydrogen-bond donors (Lipinski definition) is 2. The van der Waals surface area contributed by atoms with Gasteiger partial charge in [-0.1, -0.05) is 6.07 Å². The lowest BCUT2D eigenvalue weighted by molar-refractivity contribution is 0.603. The van der Waals surface area contributed by atoms with E-state index in [1.807, 2.05) is 26.8 Å². The number of nitrogen functional groups attached to an aromatic ring is 1. The molecule has 1 aromatic heterocycles. The largest absolute Gasteiger partial charge is 0.398 e. The fraction of sp³-hybridized carbons (Fsp3) is 0.231. The van der Waals surface area contributed by atoms with Crippen molar-refractivity contribution in [1.82, 2.24) is 0 Å². The molecule has 2 aromatic rings. The van der Waals surface area contributed by atoms with Crippen LogP contribution in [0.5, 0.6) is 0 Å². The highest BCUT2D eigenvalue weighted by Gasteiger charge is 2.19. The molecule has 3 N–H and O–H groups in total. The standard InChI is InChI=1S/C13H15BrN2O2S2/c1-7-4-8(2)11(6-10(7)15)16-20(17,18)12-5-9(3)13(14)19-12/h4-6,16H,15H2,1-3H3. The van der Waals surface area contributed by atoms with Crippen LogP contribution in [0.15, 0.2) is 26.2 Å². The number of anilines is 2. The Morgan fingerprint density at radius 3 is 2.30 bits per heavy atom. The van der Waals surface area contributed by atoms with Gasteiger partial charge < -0.3 is 5.73 Å². The number of aryl methyl sites for hydroxylation is 3. The molecule has 20 heavy (non-hydrogen) atoms. The lowest BCUT2D eigenvalue weighted by Gasteiger charge is -2.11. The van der Waals surface area contributed by atoms with Crippen molar-refractivity contribution in [1.29, 1.82) is 0 Å². The van der Waals surface area contributed by atoms with Gasteiger partial charge in [0.25, 0.3) is 10.0 Å². The molecule has 0 spiro atoms. The second-order valence-electron chi connectivity index (χ2n) is 4.65. The van der Waals surface area contributed by atoms with Crippen LogP contribution in [0.25, 0.3) is 0 Å². The van der Waals surface area contributed by atoms with Gasteiger partial charge in [0.2, 0.25) is 0 Å². The van der Waals surface area contributed by atoms with Gasteiger partial charge in [0.1, 0.15) is 4.21 Å². The van der Waals surface area contributed by atoms with Crippen molar-refractivity contribution < 1.29 is 8.42 Å². The zero-order valence-corrected chi connectivity index (χ0v) is 14.5. The van der Waals surface area contributed by atoms with Crippen molar-refractivity contribution >= 4 is 48.7 Å². The average molecular weight is 375 g/mol. The minimum absolute atomic E-state index is 0.278. The Labute approximate surface area is 131 Å². The molecule has 0 amide bonds. The molecule has 1 aromatic carbocycles. The van der Waals surface area contributed by atoms with Crippen molar-refractivity contribution in [3.63, 3.8) is 0 Å². The highest BCUT2D eigenvalue weighted by atomic mass is 79.9. The molecule has 1 heterocycles. The Bertz CT molecular complexity index is 747. The summed E-state index contributed by atoms with van der Waals surface area (Å²) >= 11 is 4.52. The summed E-state index contributed by atoms with van der Waals surface area (Å²) in [7, 11) is -3.58. The second-order valence-corrected chi connectivity index (χ2v) is 8.93. The normalized spacial score (nSPS) is 11.6. The fourth-order valence-electron chi connectivity index (χ4n) is 1.74. The molecule has 0 atom stereocenters. The molecule has 2 rings (SSSR count). The maximum Gasteiger partial charge on any atom is 0.271 e. The Morgan fingerprint density at radius 1 is 1.10 bits per heavy atom. The van der Waals surface area contributed by atoms with Crippen molar-refractivity contribution in [2.45, 2.75) is 25.0 Å². The first-order valence-corrected chi connectivity index (χ1v) is 8.95. The molecule has 0 fully saturated rings.